The van der Waals surface area contributed by atoms with Gasteiger partial charge in [-0.2, -0.15) is 12.6 Å². The average Bonchev–Trinajstić information content (AvgIpc) is 2.79. The van der Waals surface area contributed by atoms with Crippen LogP contribution < -0.4 is 0 Å². The number of ether oxygens (including phenoxy) is 1. The molecule has 0 unspecified atom stereocenters. The molecule has 1 amide bonds. The summed E-state index contributed by atoms with van der Waals surface area (Å²) >= 11 is 4.46. The van der Waals surface area contributed by atoms with Crippen LogP contribution in [0.25, 0.3) is 0 Å². The van der Waals surface area contributed by atoms with E-state index in [0.29, 0.717) is 6.54 Å². The molecule has 2 rings (SSSR count). The average molecular weight is 264 g/mol. The summed E-state index contributed by atoms with van der Waals surface area (Å²) in [6.45, 7) is 4.37. The van der Waals surface area contributed by atoms with Crippen molar-refractivity contribution in [2.24, 2.45) is 0 Å². The highest BCUT2D eigenvalue weighted by molar-refractivity contribution is 7.81. The third kappa shape index (κ3) is 2.85. The molecule has 5 heteroatoms. The number of aromatic nitrogens is 1. The van der Waals surface area contributed by atoms with E-state index < -0.39 is 0 Å². The zero-order valence-electron chi connectivity index (χ0n) is 10.0. The third-order valence-electron chi connectivity index (χ3n) is 2.93. The number of rotatable bonds is 3. The second-order valence-electron chi connectivity index (χ2n) is 4.20. The van der Waals surface area contributed by atoms with Crippen LogP contribution in [-0.4, -0.2) is 34.4 Å². The van der Waals surface area contributed by atoms with Crippen molar-refractivity contribution in [2.75, 3.05) is 13.2 Å². The van der Waals surface area contributed by atoms with Gasteiger partial charge in [-0.25, -0.2) is 4.79 Å². The van der Waals surface area contributed by atoms with Crippen LogP contribution in [-0.2, 0) is 4.74 Å². The first-order valence-electron chi connectivity index (χ1n) is 5.84. The molecule has 1 aromatic rings. The largest absolute Gasteiger partial charge is 0.445 e. The van der Waals surface area contributed by atoms with Crippen molar-refractivity contribution in [3.05, 3.63) is 42.7 Å². The molecular weight excluding hydrogens is 248 g/mol. The van der Waals surface area contributed by atoms with Crippen LogP contribution in [0.15, 0.2) is 37.2 Å². The van der Waals surface area contributed by atoms with E-state index in [-0.39, 0.29) is 24.0 Å². The first kappa shape index (κ1) is 13.0. The standard InChI is InChI=1S/C13H16N2O2S/c1-2-7-17-13(16)15-9-11(18)8-12(15)10-3-5-14-6-4-10/h2-6,11-12,18H,1,7-9H2/t11-,12-/m0/s1. The Kier molecular flexibility index (Phi) is 4.25. The molecule has 0 aromatic carbocycles. The van der Waals surface area contributed by atoms with Crippen molar-refractivity contribution in [2.45, 2.75) is 17.7 Å². The molecule has 2 atom stereocenters. The Morgan fingerprint density at radius 1 is 1.61 bits per heavy atom. The minimum atomic E-state index is -0.312. The molecule has 1 aromatic heterocycles. The fraction of sp³-hybridized carbons (Fsp3) is 0.385. The van der Waals surface area contributed by atoms with E-state index in [2.05, 4.69) is 24.2 Å². The first-order valence-corrected chi connectivity index (χ1v) is 6.36. The van der Waals surface area contributed by atoms with Gasteiger partial charge in [0, 0.05) is 24.2 Å². The fourth-order valence-corrected chi connectivity index (χ4v) is 2.51. The molecule has 1 aliphatic rings. The van der Waals surface area contributed by atoms with Crippen molar-refractivity contribution < 1.29 is 9.53 Å². The second kappa shape index (κ2) is 5.91. The maximum Gasteiger partial charge on any atom is 0.410 e. The number of thiol groups is 1. The van der Waals surface area contributed by atoms with E-state index >= 15 is 0 Å². The van der Waals surface area contributed by atoms with Gasteiger partial charge in [0.1, 0.15) is 6.61 Å². The Morgan fingerprint density at radius 2 is 2.33 bits per heavy atom. The number of carbonyl (C=O) groups excluding carboxylic acids is 1. The zero-order chi connectivity index (χ0) is 13.0. The van der Waals surface area contributed by atoms with Crippen molar-refractivity contribution in [1.82, 2.24) is 9.88 Å². The minimum Gasteiger partial charge on any atom is -0.445 e. The number of nitrogens with zero attached hydrogens (tertiary/aromatic N) is 2. The summed E-state index contributed by atoms with van der Waals surface area (Å²) in [5, 5.41) is 0.180. The molecule has 0 spiro atoms. The summed E-state index contributed by atoms with van der Waals surface area (Å²) in [7, 11) is 0. The second-order valence-corrected chi connectivity index (χ2v) is 4.93. The van der Waals surface area contributed by atoms with Gasteiger partial charge >= 0.3 is 6.09 Å². The van der Waals surface area contributed by atoms with E-state index in [4.69, 9.17) is 4.74 Å². The molecule has 0 aliphatic carbocycles. The molecule has 0 radical (unpaired) electrons. The van der Waals surface area contributed by atoms with Crippen molar-refractivity contribution >= 4 is 18.7 Å². The van der Waals surface area contributed by atoms with Gasteiger partial charge in [-0.15, -0.1) is 0 Å². The Morgan fingerprint density at radius 3 is 3.00 bits per heavy atom. The fourth-order valence-electron chi connectivity index (χ4n) is 2.13. The smallest absolute Gasteiger partial charge is 0.410 e. The predicted molar refractivity (Wildman–Crippen MR) is 72.6 cm³/mol. The summed E-state index contributed by atoms with van der Waals surface area (Å²) in [6.07, 6.45) is 5.54. The summed E-state index contributed by atoms with van der Waals surface area (Å²) in [6, 6.07) is 3.86. The number of pyridine rings is 1. The van der Waals surface area contributed by atoms with Gasteiger partial charge in [0.05, 0.1) is 6.04 Å². The van der Waals surface area contributed by atoms with Crippen LogP contribution >= 0.6 is 12.6 Å². The topological polar surface area (TPSA) is 42.4 Å². The summed E-state index contributed by atoms with van der Waals surface area (Å²) in [5.74, 6) is 0. The maximum absolute atomic E-state index is 11.9. The highest BCUT2D eigenvalue weighted by Crippen LogP contribution is 2.34. The normalized spacial score (nSPS) is 22.8. The lowest BCUT2D eigenvalue weighted by Gasteiger charge is -2.23. The summed E-state index contributed by atoms with van der Waals surface area (Å²) in [4.78, 5) is 17.6. The lowest BCUT2D eigenvalue weighted by molar-refractivity contribution is 0.108. The van der Waals surface area contributed by atoms with Gasteiger partial charge in [0.25, 0.3) is 0 Å². The van der Waals surface area contributed by atoms with Crippen molar-refractivity contribution in [3.8, 4) is 0 Å². The lowest BCUT2D eigenvalue weighted by Crippen LogP contribution is -2.32. The number of amides is 1. The van der Waals surface area contributed by atoms with Gasteiger partial charge < -0.3 is 9.64 Å². The van der Waals surface area contributed by atoms with Crippen LogP contribution in [0.3, 0.4) is 0 Å². The van der Waals surface area contributed by atoms with E-state index in [9.17, 15) is 4.79 Å². The molecule has 18 heavy (non-hydrogen) atoms. The Labute approximate surface area is 112 Å². The van der Waals surface area contributed by atoms with E-state index in [0.717, 1.165) is 12.0 Å². The molecule has 96 valence electrons. The zero-order valence-corrected chi connectivity index (χ0v) is 10.9. The Hall–Kier alpha value is -1.49. The number of carbonyl (C=O) groups is 1. The van der Waals surface area contributed by atoms with Crippen LogP contribution in [0.5, 0.6) is 0 Å². The van der Waals surface area contributed by atoms with Gasteiger partial charge in [-0.05, 0) is 24.1 Å². The van der Waals surface area contributed by atoms with E-state index in [1.54, 1.807) is 23.4 Å². The Balaban J connectivity index is 2.13. The number of hydrogen-bond acceptors (Lipinski definition) is 4. The van der Waals surface area contributed by atoms with E-state index in [1.807, 2.05) is 12.1 Å². The van der Waals surface area contributed by atoms with Gasteiger partial charge in [-0.3, -0.25) is 4.98 Å². The highest BCUT2D eigenvalue weighted by atomic mass is 32.1. The molecule has 4 nitrogen and oxygen atoms in total. The van der Waals surface area contributed by atoms with Crippen molar-refractivity contribution in [3.63, 3.8) is 0 Å². The molecule has 0 bridgehead atoms. The SMILES string of the molecule is C=CCOC(=O)N1C[C@@H](S)C[C@H]1c1ccncc1. The van der Waals surface area contributed by atoms with Gasteiger partial charge in [0.15, 0.2) is 0 Å². The molecule has 1 fully saturated rings. The van der Waals surface area contributed by atoms with Crippen LogP contribution in [0.2, 0.25) is 0 Å². The molecule has 1 saturated heterocycles. The molecule has 0 saturated carbocycles. The monoisotopic (exact) mass is 264 g/mol. The Bertz CT molecular complexity index is 424. The first-order chi connectivity index (χ1) is 8.72. The van der Waals surface area contributed by atoms with Crippen molar-refractivity contribution in [1.29, 1.82) is 0 Å². The number of hydrogen-bond donors (Lipinski definition) is 1. The lowest BCUT2D eigenvalue weighted by atomic mass is 10.1. The van der Waals surface area contributed by atoms with Gasteiger partial charge in [-0.1, -0.05) is 12.7 Å². The number of likely N-dealkylation sites (tertiary alicyclic amines) is 1. The predicted octanol–water partition coefficient (Wildman–Crippen LogP) is 2.45. The molecular formula is C13H16N2O2S. The van der Waals surface area contributed by atoms with Gasteiger partial charge in [0.2, 0.25) is 0 Å². The third-order valence-corrected chi connectivity index (χ3v) is 3.30. The van der Waals surface area contributed by atoms with Crippen LogP contribution in [0, 0.1) is 0 Å². The molecule has 1 aliphatic heterocycles. The maximum atomic E-state index is 11.9. The van der Waals surface area contributed by atoms with Crippen LogP contribution in [0.1, 0.15) is 18.0 Å². The molecule has 0 N–H and O–H groups in total. The highest BCUT2D eigenvalue weighted by Gasteiger charge is 2.35. The molecule has 2 heterocycles. The van der Waals surface area contributed by atoms with E-state index in [1.165, 1.54) is 0 Å². The summed E-state index contributed by atoms with van der Waals surface area (Å²) in [5.41, 5.74) is 1.07. The summed E-state index contributed by atoms with van der Waals surface area (Å²) < 4.78 is 5.09. The van der Waals surface area contributed by atoms with Crippen LogP contribution in [0.4, 0.5) is 4.79 Å². The quantitative estimate of drug-likeness (QED) is 0.673. The minimum absolute atomic E-state index is 0.0211.